The second kappa shape index (κ2) is 7.13. The molecular weight excluding hydrogens is 244 g/mol. The van der Waals surface area contributed by atoms with Gasteiger partial charge in [-0.3, -0.25) is 0 Å². The maximum atomic E-state index is 6.08. The Labute approximate surface area is 115 Å². The molecule has 3 heteroatoms. The van der Waals surface area contributed by atoms with Crippen LogP contribution < -0.4 is 10.6 Å². The van der Waals surface area contributed by atoms with Crippen molar-refractivity contribution in [2.75, 3.05) is 13.1 Å². The standard InChI is InChI=1S/C15H23ClN2/c1-2-15(12-5-3-6-13(16)11-12)18-14-7-4-9-17-10-8-14/h3,5-6,11,14-15,17-18H,2,4,7-10H2,1H3. The first kappa shape index (κ1) is 13.9. The zero-order valence-corrected chi connectivity index (χ0v) is 11.8. The van der Waals surface area contributed by atoms with Crippen molar-refractivity contribution >= 4 is 11.6 Å². The number of benzene rings is 1. The van der Waals surface area contributed by atoms with Gasteiger partial charge in [-0.1, -0.05) is 30.7 Å². The van der Waals surface area contributed by atoms with Gasteiger partial charge in [0.05, 0.1) is 0 Å². The molecule has 2 unspecified atom stereocenters. The summed E-state index contributed by atoms with van der Waals surface area (Å²) in [6.07, 6.45) is 4.86. The van der Waals surface area contributed by atoms with Crippen LogP contribution in [0.25, 0.3) is 0 Å². The molecule has 2 N–H and O–H groups in total. The minimum atomic E-state index is 0.423. The lowest BCUT2D eigenvalue weighted by molar-refractivity contribution is 0.398. The first-order valence-corrected chi connectivity index (χ1v) is 7.39. The molecule has 0 aromatic heterocycles. The van der Waals surface area contributed by atoms with Gasteiger partial charge in [-0.2, -0.15) is 0 Å². The van der Waals surface area contributed by atoms with Gasteiger partial charge in [0, 0.05) is 17.1 Å². The zero-order chi connectivity index (χ0) is 12.8. The Bertz CT molecular complexity index is 359. The van der Waals surface area contributed by atoms with Crippen molar-refractivity contribution < 1.29 is 0 Å². The van der Waals surface area contributed by atoms with Crippen molar-refractivity contribution in [3.63, 3.8) is 0 Å². The maximum absolute atomic E-state index is 6.08. The topological polar surface area (TPSA) is 24.1 Å². The smallest absolute Gasteiger partial charge is 0.0409 e. The third-order valence-corrected chi connectivity index (χ3v) is 3.91. The minimum absolute atomic E-state index is 0.423. The largest absolute Gasteiger partial charge is 0.317 e. The van der Waals surface area contributed by atoms with Crippen LogP contribution in [0.1, 0.15) is 44.2 Å². The van der Waals surface area contributed by atoms with Crippen molar-refractivity contribution in [3.05, 3.63) is 34.9 Å². The van der Waals surface area contributed by atoms with E-state index < -0.39 is 0 Å². The Kier molecular flexibility index (Phi) is 5.48. The summed E-state index contributed by atoms with van der Waals surface area (Å²) in [5.41, 5.74) is 1.31. The summed E-state index contributed by atoms with van der Waals surface area (Å²) in [7, 11) is 0. The molecule has 1 saturated heterocycles. The average Bonchev–Trinajstić information content (AvgIpc) is 2.64. The Morgan fingerprint density at radius 3 is 3.06 bits per heavy atom. The predicted octanol–water partition coefficient (Wildman–Crippen LogP) is 3.52. The number of hydrogen-bond acceptors (Lipinski definition) is 2. The van der Waals surface area contributed by atoms with Gasteiger partial charge in [-0.05, 0) is 56.5 Å². The zero-order valence-electron chi connectivity index (χ0n) is 11.1. The molecule has 2 atom stereocenters. The summed E-state index contributed by atoms with van der Waals surface area (Å²) in [4.78, 5) is 0. The molecule has 2 nitrogen and oxygen atoms in total. The van der Waals surface area contributed by atoms with Gasteiger partial charge in [0.2, 0.25) is 0 Å². The molecule has 0 spiro atoms. The van der Waals surface area contributed by atoms with E-state index in [0.717, 1.165) is 24.5 Å². The van der Waals surface area contributed by atoms with Crippen molar-refractivity contribution in [3.8, 4) is 0 Å². The number of halogens is 1. The van der Waals surface area contributed by atoms with E-state index in [-0.39, 0.29) is 0 Å². The molecule has 1 fully saturated rings. The van der Waals surface area contributed by atoms with Crippen LogP contribution in [-0.2, 0) is 0 Å². The van der Waals surface area contributed by atoms with Gasteiger partial charge >= 0.3 is 0 Å². The van der Waals surface area contributed by atoms with Crippen molar-refractivity contribution in [2.45, 2.75) is 44.7 Å². The molecule has 1 aromatic rings. The summed E-state index contributed by atoms with van der Waals surface area (Å²) in [5, 5.41) is 8.08. The van der Waals surface area contributed by atoms with E-state index in [4.69, 9.17) is 11.6 Å². The van der Waals surface area contributed by atoms with E-state index in [1.165, 1.54) is 24.8 Å². The van der Waals surface area contributed by atoms with Crippen LogP contribution in [0.3, 0.4) is 0 Å². The molecule has 0 saturated carbocycles. The predicted molar refractivity (Wildman–Crippen MR) is 78.1 cm³/mol. The Balaban J connectivity index is 1.99. The summed E-state index contributed by atoms with van der Waals surface area (Å²) < 4.78 is 0. The summed E-state index contributed by atoms with van der Waals surface area (Å²) in [6, 6.07) is 9.28. The van der Waals surface area contributed by atoms with Crippen molar-refractivity contribution in [1.29, 1.82) is 0 Å². The fourth-order valence-electron chi connectivity index (χ4n) is 2.64. The molecule has 0 bridgehead atoms. The normalized spacial score (nSPS) is 22.4. The molecule has 0 radical (unpaired) electrons. The Hall–Kier alpha value is -0.570. The van der Waals surface area contributed by atoms with Crippen LogP contribution in [0.4, 0.5) is 0 Å². The van der Waals surface area contributed by atoms with Crippen LogP contribution in [-0.4, -0.2) is 19.1 Å². The Morgan fingerprint density at radius 1 is 1.39 bits per heavy atom. The second-order valence-corrected chi connectivity index (χ2v) is 5.50. The van der Waals surface area contributed by atoms with Crippen LogP contribution in [0, 0.1) is 0 Å². The second-order valence-electron chi connectivity index (χ2n) is 5.06. The van der Waals surface area contributed by atoms with Crippen LogP contribution in [0.5, 0.6) is 0 Å². The molecule has 100 valence electrons. The SMILES string of the molecule is CCC(NC1CCCNCC1)c1cccc(Cl)c1. The quantitative estimate of drug-likeness (QED) is 0.871. The lowest BCUT2D eigenvalue weighted by Gasteiger charge is -2.24. The van der Waals surface area contributed by atoms with Crippen LogP contribution >= 0.6 is 11.6 Å². The number of hydrogen-bond donors (Lipinski definition) is 2. The molecule has 1 aliphatic rings. The summed E-state index contributed by atoms with van der Waals surface area (Å²) >= 11 is 6.08. The van der Waals surface area contributed by atoms with E-state index in [2.05, 4.69) is 29.7 Å². The molecule has 0 aliphatic carbocycles. The Morgan fingerprint density at radius 2 is 2.28 bits per heavy atom. The van der Waals surface area contributed by atoms with Crippen LogP contribution in [0.2, 0.25) is 5.02 Å². The van der Waals surface area contributed by atoms with E-state index in [9.17, 15) is 0 Å². The first-order valence-electron chi connectivity index (χ1n) is 7.02. The van der Waals surface area contributed by atoms with Crippen molar-refractivity contribution in [2.24, 2.45) is 0 Å². The van der Waals surface area contributed by atoms with E-state index in [0.29, 0.717) is 12.1 Å². The fourth-order valence-corrected chi connectivity index (χ4v) is 2.84. The summed E-state index contributed by atoms with van der Waals surface area (Å²) in [5.74, 6) is 0. The third-order valence-electron chi connectivity index (χ3n) is 3.67. The molecule has 2 rings (SSSR count). The lowest BCUT2D eigenvalue weighted by Crippen LogP contribution is -2.33. The van der Waals surface area contributed by atoms with Gasteiger partial charge < -0.3 is 10.6 Å². The number of rotatable bonds is 4. The van der Waals surface area contributed by atoms with Gasteiger partial charge in [-0.15, -0.1) is 0 Å². The van der Waals surface area contributed by atoms with E-state index >= 15 is 0 Å². The highest BCUT2D eigenvalue weighted by molar-refractivity contribution is 6.30. The van der Waals surface area contributed by atoms with E-state index in [1.807, 2.05) is 12.1 Å². The van der Waals surface area contributed by atoms with Gasteiger partial charge in [-0.25, -0.2) is 0 Å². The third kappa shape index (κ3) is 3.98. The number of nitrogens with one attached hydrogen (secondary N) is 2. The van der Waals surface area contributed by atoms with E-state index in [1.54, 1.807) is 0 Å². The van der Waals surface area contributed by atoms with Gasteiger partial charge in [0.25, 0.3) is 0 Å². The monoisotopic (exact) mass is 266 g/mol. The molecule has 0 amide bonds. The highest BCUT2D eigenvalue weighted by Crippen LogP contribution is 2.22. The molecule has 18 heavy (non-hydrogen) atoms. The maximum Gasteiger partial charge on any atom is 0.0409 e. The van der Waals surface area contributed by atoms with Crippen LogP contribution in [0.15, 0.2) is 24.3 Å². The van der Waals surface area contributed by atoms with Crippen molar-refractivity contribution in [1.82, 2.24) is 10.6 Å². The molecule has 1 heterocycles. The first-order chi connectivity index (χ1) is 8.79. The lowest BCUT2D eigenvalue weighted by atomic mass is 10.0. The minimum Gasteiger partial charge on any atom is -0.317 e. The molecule has 1 aromatic carbocycles. The van der Waals surface area contributed by atoms with Gasteiger partial charge in [0.15, 0.2) is 0 Å². The highest BCUT2D eigenvalue weighted by Gasteiger charge is 2.17. The highest BCUT2D eigenvalue weighted by atomic mass is 35.5. The fraction of sp³-hybridized carbons (Fsp3) is 0.600. The average molecular weight is 267 g/mol. The molecular formula is C15H23ClN2. The molecule has 1 aliphatic heterocycles. The van der Waals surface area contributed by atoms with Gasteiger partial charge in [0.1, 0.15) is 0 Å². The summed E-state index contributed by atoms with van der Waals surface area (Å²) in [6.45, 7) is 4.52.